The van der Waals surface area contributed by atoms with Crippen molar-refractivity contribution in [3.63, 3.8) is 0 Å². The lowest BCUT2D eigenvalue weighted by molar-refractivity contribution is -0.129. The predicted octanol–water partition coefficient (Wildman–Crippen LogP) is 1.06. The van der Waals surface area contributed by atoms with E-state index in [-0.39, 0.29) is 17.5 Å². The Morgan fingerprint density at radius 1 is 1.53 bits per heavy atom. The van der Waals surface area contributed by atoms with Gasteiger partial charge in [-0.2, -0.15) is 0 Å². The van der Waals surface area contributed by atoms with Crippen molar-refractivity contribution in [1.82, 2.24) is 9.88 Å². The summed E-state index contributed by atoms with van der Waals surface area (Å²) in [5, 5.41) is 0. The van der Waals surface area contributed by atoms with Crippen LogP contribution in [0.2, 0.25) is 0 Å². The molecule has 0 bridgehead atoms. The summed E-state index contributed by atoms with van der Waals surface area (Å²) in [7, 11) is 0. The first-order valence-electron chi connectivity index (χ1n) is 5.14. The topological polar surface area (TPSA) is 53.2 Å². The van der Waals surface area contributed by atoms with Crippen LogP contribution in [0.25, 0.3) is 0 Å². The maximum absolute atomic E-state index is 11.4. The molecule has 0 aliphatic carbocycles. The Balaban J connectivity index is 2.26. The Labute approximate surface area is 87.9 Å². The van der Waals surface area contributed by atoms with Gasteiger partial charge >= 0.3 is 0 Å². The second-order valence-corrected chi connectivity index (χ2v) is 3.86. The summed E-state index contributed by atoms with van der Waals surface area (Å²) >= 11 is 0. The molecule has 0 saturated carbocycles. The van der Waals surface area contributed by atoms with Gasteiger partial charge in [-0.05, 0) is 18.4 Å². The van der Waals surface area contributed by atoms with Gasteiger partial charge < -0.3 is 9.88 Å². The molecule has 15 heavy (non-hydrogen) atoms. The molecule has 1 amide bonds. The molecule has 1 aromatic rings. The number of rotatable bonds is 1. The van der Waals surface area contributed by atoms with E-state index in [2.05, 4.69) is 4.98 Å². The highest BCUT2D eigenvalue weighted by atomic mass is 16.2. The molecule has 80 valence electrons. The molecule has 2 heterocycles. The van der Waals surface area contributed by atoms with Gasteiger partial charge in [0.25, 0.3) is 0 Å². The number of aromatic nitrogens is 1. The molecule has 1 aliphatic heterocycles. The molecule has 4 nitrogen and oxygen atoms in total. The Hall–Kier alpha value is -1.58. The molecule has 1 fully saturated rings. The van der Waals surface area contributed by atoms with Crippen molar-refractivity contribution in [2.45, 2.75) is 25.8 Å². The van der Waals surface area contributed by atoms with Gasteiger partial charge in [0.05, 0.1) is 6.04 Å². The molecular weight excluding hydrogens is 192 g/mol. The van der Waals surface area contributed by atoms with Crippen molar-refractivity contribution in [1.29, 1.82) is 0 Å². The average molecular weight is 206 g/mol. The van der Waals surface area contributed by atoms with Crippen LogP contribution in [0.15, 0.2) is 23.1 Å². The van der Waals surface area contributed by atoms with Crippen molar-refractivity contribution in [3.05, 3.63) is 34.2 Å². The van der Waals surface area contributed by atoms with Crippen molar-refractivity contribution in [2.75, 3.05) is 6.54 Å². The van der Waals surface area contributed by atoms with E-state index in [0.29, 0.717) is 0 Å². The fraction of sp³-hybridized carbons (Fsp3) is 0.455. The number of hydrogen-bond donors (Lipinski definition) is 1. The number of amides is 1. The number of carbonyl (C=O) groups is 1. The monoisotopic (exact) mass is 206 g/mol. The van der Waals surface area contributed by atoms with Crippen LogP contribution in [0.1, 0.15) is 31.4 Å². The highest BCUT2D eigenvalue weighted by molar-refractivity contribution is 5.74. The summed E-state index contributed by atoms with van der Waals surface area (Å²) in [6.45, 7) is 2.41. The van der Waals surface area contributed by atoms with Gasteiger partial charge in [0.1, 0.15) is 0 Å². The lowest BCUT2D eigenvalue weighted by Gasteiger charge is -2.23. The van der Waals surface area contributed by atoms with Gasteiger partial charge in [0.2, 0.25) is 11.5 Å². The number of hydrogen-bond acceptors (Lipinski definition) is 2. The molecule has 1 N–H and O–H groups in total. The maximum atomic E-state index is 11.4. The number of aromatic amines is 1. The van der Waals surface area contributed by atoms with Crippen molar-refractivity contribution < 1.29 is 4.79 Å². The second kappa shape index (κ2) is 3.88. The minimum Gasteiger partial charge on any atom is -0.336 e. The lowest BCUT2D eigenvalue weighted by Crippen LogP contribution is -2.28. The molecule has 0 spiro atoms. The number of pyridine rings is 1. The number of carbonyl (C=O) groups excluding carboxylic acids is 1. The van der Waals surface area contributed by atoms with Gasteiger partial charge in [-0.1, -0.05) is 6.07 Å². The molecule has 4 heteroatoms. The summed E-state index contributed by atoms with van der Waals surface area (Å²) in [5.74, 6) is 0.101. The molecule has 1 atom stereocenters. The van der Waals surface area contributed by atoms with E-state index in [0.717, 1.165) is 24.9 Å². The van der Waals surface area contributed by atoms with E-state index in [1.54, 1.807) is 19.2 Å². The molecule has 0 aromatic carbocycles. The standard InChI is InChI=1S/C11H14N2O2/c1-8(14)13-6-2-3-10(13)9-4-5-11(15)12-7-9/h4-5,7,10H,2-3,6H2,1H3,(H,12,15). The number of nitrogens with zero attached hydrogens (tertiary/aromatic N) is 1. The summed E-state index contributed by atoms with van der Waals surface area (Å²) < 4.78 is 0. The summed E-state index contributed by atoms with van der Waals surface area (Å²) in [6, 6.07) is 3.44. The van der Waals surface area contributed by atoms with E-state index in [4.69, 9.17) is 0 Å². The quantitative estimate of drug-likeness (QED) is 0.747. The first-order chi connectivity index (χ1) is 7.18. The van der Waals surface area contributed by atoms with Crippen LogP contribution in [0.4, 0.5) is 0 Å². The van der Waals surface area contributed by atoms with Crippen LogP contribution < -0.4 is 5.56 Å². The van der Waals surface area contributed by atoms with Crippen LogP contribution in [-0.4, -0.2) is 22.3 Å². The van der Waals surface area contributed by atoms with Gasteiger partial charge in [-0.3, -0.25) is 9.59 Å². The average Bonchev–Trinajstić information content (AvgIpc) is 2.67. The molecule has 1 aromatic heterocycles. The normalized spacial score (nSPS) is 20.6. The van der Waals surface area contributed by atoms with E-state index >= 15 is 0 Å². The van der Waals surface area contributed by atoms with Gasteiger partial charge in [-0.25, -0.2) is 0 Å². The highest BCUT2D eigenvalue weighted by Gasteiger charge is 2.27. The van der Waals surface area contributed by atoms with Crippen LogP contribution in [0.3, 0.4) is 0 Å². The largest absolute Gasteiger partial charge is 0.336 e. The second-order valence-electron chi connectivity index (χ2n) is 3.86. The van der Waals surface area contributed by atoms with E-state index in [9.17, 15) is 9.59 Å². The van der Waals surface area contributed by atoms with Gasteiger partial charge in [0.15, 0.2) is 0 Å². The smallest absolute Gasteiger partial charge is 0.247 e. The molecular formula is C11H14N2O2. The predicted molar refractivity (Wildman–Crippen MR) is 56.4 cm³/mol. The van der Waals surface area contributed by atoms with Crippen LogP contribution in [0.5, 0.6) is 0 Å². The Morgan fingerprint density at radius 3 is 2.93 bits per heavy atom. The first kappa shape index (κ1) is 9.96. The summed E-state index contributed by atoms with van der Waals surface area (Å²) in [6.07, 6.45) is 3.71. The summed E-state index contributed by atoms with van der Waals surface area (Å²) in [4.78, 5) is 26.8. The highest BCUT2D eigenvalue weighted by Crippen LogP contribution is 2.30. The minimum absolute atomic E-state index is 0.101. The zero-order chi connectivity index (χ0) is 10.8. The van der Waals surface area contributed by atoms with E-state index in [1.165, 1.54) is 6.07 Å². The molecule has 1 saturated heterocycles. The van der Waals surface area contributed by atoms with E-state index in [1.807, 2.05) is 4.90 Å². The molecule has 2 rings (SSSR count). The maximum Gasteiger partial charge on any atom is 0.247 e. The zero-order valence-electron chi connectivity index (χ0n) is 8.69. The first-order valence-corrected chi connectivity index (χ1v) is 5.14. The van der Waals surface area contributed by atoms with Gasteiger partial charge in [0, 0.05) is 25.7 Å². The van der Waals surface area contributed by atoms with Crippen molar-refractivity contribution in [2.24, 2.45) is 0 Å². The van der Waals surface area contributed by atoms with E-state index < -0.39 is 0 Å². The fourth-order valence-electron chi connectivity index (χ4n) is 2.12. The Kier molecular flexibility index (Phi) is 2.58. The van der Waals surface area contributed by atoms with Crippen LogP contribution >= 0.6 is 0 Å². The number of nitrogens with one attached hydrogen (secondary N) is 1. The van der Waals surface area contributed by atoms with Crippen LogP contribution in [-0.2, 0) is 4.79 Å². The fourth-order valence-corrected chi connectivity index (χ4v) is 2.12. The molecule has 1 unspecified atom stereocenters. The third kappa shape index (κ3) is 1.93. The Morgan fingerprint density at radius 2 is 2.33 bits per heavy atom. The van der Waals surface area contributed by atoms with Crippen molar-refractivity contribution >= 4 is 5.91 Å². The third-order valence-corrected chi connectivity index (χ3v) is 2.85. The van der Waals surface area contributed by atoms with Crippen molar-refractivity contribution in [3.8, 4) is 0 Å². The van der Waals surface area contributed by atoms with Crippen LogP contribution in [0, 0.1) is 0 Å². The minimum atomic E-state index is -0.105. The molecule has 0 radical (unpaired) electrons. The number of H-pyrrole nitrogens is 1. The SMILES string of the molecule is CC(=O)N1CCCC1c1ccc(=O)[nH]c1. The summed E-state index contributed by atoms with van der Waals surface area (Å²) in [5.41, 5.74) is 0.911. The van der Waals surface area contributed by atoms with Gasteiger partial charge in [-0.15, -0.1) is 0 Å². The zero-order valence-corrected chi connectivity index (χ0v) is 8.69. The Bertz CT molecular complexity index is 404. The lowest BCUT2D eigenvalue weighted by atomic mass is 10.1. The number of likely N-dealkylation sites (tertiary alicyclic amines) is 1. The third-order valence-electron chi connectivity index (χ3n) is 2.85. The molecule has 1 aliphatic rings.